The van der Waals surface area contributed by atoms with E-state index < -0.39 is 0 Å². The molecule has 1 aliphatic carbocycles. The zero-order valence-corrected chi connectivity index (χ0v) is 12.0. The van der Waals surface area contributed by atoms with Crippen LogP contribution in [0.15, 0.2) is 48.7 Å². The average Bonchev–Trinajstić information content (AvgIpc) is 2.48. The largest absolute Gasteiger partial charge is 0.306 e. The fourth-order valence-corrected chi connectivity index (χ4v) is 3.14. The molecular weight excluding hydrogens is 244 g/mol. The number of pyridine rings is 1. The molecule has 2 heteroatoms. The first-order chi connectivity index (χ1) is 9.83. The normalized spacial score (nSPS) is 19.4. The lowest BCUT2D eigenvalue weighted by Gasteiger charge is -2.28. The molecule has 20 heavy (non-hydrogen) atoms. The topological polar surface area (TPSA) is 24.9 Å². The molecule has 1 aliphatic rings. The quantitative estimate of drug-likeness (QED) is 0.913. The molecule has 2 atom stereocenters. The Bertz CT molecular complexity index is 550. The van der Waals surface area contributed by atoms with Gasteiger partial charge in [0.05, 0.1) is 5.69 Å². The van der Waals surface area contributed by atoms with Gasteiger partial charge in [0, 0.05) is 18.3 Å². The Balaban J connectivity index is 1.66. The second kappa shape index (κ2) is 6.19. The summed E-state index contributed by atoms with van der Waals surface area (Å²) in [7, 11) is 0. The lowest BCUT2D eigenvalue weighted by atomic mass is 9.91. The number of fused-ring (bicyclic) bond motifs is 1. The van der Waals surface area contributed by atoms with Gasteiger partial charge in [-0.15, -0.1) is 0 Å². The molecule has 0 spiro atoms. The number of aromatic nitrogens is 1. The van der Waals surface area contributed by atoms with Crippen LogP contribution in [0.3, 0.4) is 0 Å². The number of hydrogen-bond donors (Lipinski definition) is 1. The SMILES string of the molecule is CC(Cc1ccccc1)NC1CCCc2cccnc21. The molecule has 2 nitrogen and oxygen atoms in total. The first kappa shape index (κ1) is 13.3. The van der Waals surface area contributed by atoms with Crippen LogP contribution in [-0.2, 0) is 12.8 Å². The average molecular weight is 266 g/mol. The molecule has 0 amide bonds. The van der Waals surface area contributed by atoms with Crippen molar-refractivity contribution in [1.29, 1.82) is 0 Å². The van der Waals surface area contributed by atoms with Crippen molar-refractivity contribution in [2.45, 2.75) is 44.7 Å². The van der Waals surface area contributed by atoms with Crippen molar-refractivity contribution in [1.82, 2.24) is 10.3 Å². The van der Waals surface area contributed by atoms with E-state index in [4.69, 9.17) is 0 Å². The smallest absolute Gasteiger partial charge is 0.0605 e. The predicted molar refractivity (Wildman–Crippen MR) is 82.7 cm³/mol. The zero-order valence-electron chi connectivity index (χ0n) is 12.0. The Kier molecular flexibility index (Phi) is 4.12. The molecule has 0 aliphatic heterocycles. The summed E-state index contributed by atoms with van der Waals surface area (Å²) in [5.41, 5.74) is 4.08. The van der Waals surface area contributed by atoms with Gasteiger partial charge < -0.3 is 5.32 Å². The highest BCUT2D eigenvalue weighted by atomic mass is 15.0. The van der Waals surface area contributed by atoms with Gasteiger partial charge in [-0.25, -0.2) is 0 Å². The van der Waals surface area contributed by atoms with Crippen LogP contribution in [0.4, 0.5) is 0 Å². The maximum absolute atomic E-state index is 4.60. The number of aryl methyl sites for hydroxylation is 1. The first-order valence-corrected chi connectivity index (χ1v) is 7.56. The minimum absolute atomic E-state index is 0.415. The third-order valence-electron chi connectivity index (χ3n) is 4.07. The van der Waals surface area contributed by atoms with E-state index in [1.165, 1.54) is 36.1 Å². The maximum atomic E-state index is 4.60. The van der Waals surface area contributed by atoms with Crippen LogP contribution in [0, 0.1) is 0 Å². The van der Waals surface area contributed by atoms with Crippen molar-refractivity contribution >= 4 is 0 Å². The van der Waals surface area contributed by atoms with Gasteiger partial charge >= 0.3 is 0 Å². The van der Waals surface area contributed by atoms with Crippen LogP contribution in [0.5, 0.6) is 0 Å². The van der Waals surface area contributed by atoms with Crippen molar-refractivity contribution in [2.75, 3.05) is 0 Å². The van der Waals surface area contributed by atoms with E-state index in [1.807, 2.05) is 6.20 Å². The first-order valence-electron chi connectivity index (χ1n) is 7.56. The maximum Gasteiger partial charge on any atom is 0.0605 e. The zero-order chi connectivity index (χ0) is 13.8. The second-order valence-corrected chi connectivity index (χ2v) is 5.75. The van der Waals surface area contributed by atoms with E-state index in [9.17, 15) is 0 Å². The number of nitrogens with zero attached hydrogens (tertiary/aromatic N) is 1. The van der Waals surface area contributed by atoms with Crippen LogP contribution in [0.1, 0.15) is 42.6 Å². The molecule has 1 aromatic heterocycles. The van der Waals surface area contributed by atoms with E-state index >= 15 is 0 Å². The molecule has 1 heterocycles. The summed E-state index contributed by atoms with van der Waals surface area (Å²) in [6.45, 7) is 2.27. The number of nitrogens with one attached hydrogen (secondary N) is 1. The predicted octanol–water partition coefficient (Wildman–Crippen LogP) is 3.68. The molecule has 0 radical (unpaired) electrons. The van der Waals surface area contributed by atoms with Crippen LogP contribution >= 0.6 is 0 Å². The summed E-state index contributed by atoms with van der Waals surface area (Å²) in [6, 6.07) is 15.8. The number of rotatable bonds is 4. The fourth-order valence-electron chi connectivity index (χ4n) is 3.14. The van der Waals surface area contributed by atoms with Crippen LogP contribution in [0.2, 0.25) is 0 Å². The summed E-state index contributed by atoms with van der Waals surface area (Å²) in [5.74, 6) is 0. The Morgan fingerprint density at radius 3 is 2.90 bits per heavy atom. The molecule has 0 fully saturated rings. The van der Waals surface area contributed by atoms with Crippen LogP contribution < -0.4 is 5.32 Å². The summed E-state index contributed by atoms with van der Waals surface area (Å²) >= 11 is 0. The monoisotopic (exact) mass is 266 g/mol. The van der Waals surface area contributed by atoms with Gasteiger partial charge in [0.2, 0.25) is 0 Å². The number of hydrogen-bond acceptors (Lipinski definition) is 2. The molecule has 1 N–H and O–H groups in total. The molecule has 0 saturated heterocycles. The van der Waals surface area contributed by atoms with Crippen LogP contribution in [-0.4, -0.2) is 11.0 Å². The van der Waals surface area contributed by atoms with Crippen molar-refractivity contribution < 1.29 is 0 Å². The highest BCUT2D eigenvalue weighted by Crippen LogP contribution is 2.28. The Hall–Kier alpha value is -1.67. The van der Waals surface area contributed by atoms with Gasteiger partial charge in [-0.05, 0) is 49.8 Å². The van der Waals surface area contributed by atoms with E-state index in [1.54, 1.807) is 0 Å². The summed E-state index contributed by atoms with van der Waals surface area (Å²) in [4.78, 5) is 4.60. The van der Waals surface area contributed by atoms with Gasteiger partial charge in [0.15, 0.2) is 0 Å². The van der Waals surface area contributed by atoms with Crippen molar-refractivity contribution in [3.8, 4) is 0 Å². The van der Waals surface area contributed by atoms with Gasteiger partial charge in [0.1, 0.15) is 0 Å². The van der Waals surface area contributed by atoms with E-state index in [0.29, 0.717) is 12.1 Å². The Morgan fingerprint density at radius 2 is 2.05 bits per heavy atom. The molecular formula is C18H22N2. The Labute approximate surface area is 121 Å². The lowest BCUT2D eigenvalue weighted by Crippen LogP contribution is -2.34. The number of benzene rings is 1. The molecule has 2 aromatic rings. The minimum Gasteiger partial charge on any atom is -0.306 e. The third-order valence-corrected chi connectivity index (χ3v) is 4.07. The molecule has 0 saturated carbocycles. The minimum atomic E-state index is 0.415. The molecule has 0 bridgehead atoms. The van der Waals surface area contributed by atoms with Gasteiger partial charge in [-0.1, -0.05) is 36.4 Å². The highest BCUT2D eigenvalue weighted by molar-refractivity contribution is 5.25. The highest BCUT2D eigenvalue weighted by Gasteiger charge is 2.22. The van der Waals surface area contributed by atoms with Gasteiger partial charge in [-0.2, -0.15) is 0 Å². The lowest BCUT2D eigenvalue weighted by molar-refractivity contribution is 0.399. The van der Waals surface area contributed by atoms with Crippen molar-refractivity contribution in [2.24, 2.45) is 0 Å². The molecule has 1 aromatic carbocycles. The molecule has 104 valence electrons. The van der Waals surface area contributed by atoms with E-state index in [0.717, 1.165) is 6.42 Å². The van der Waals surface area contributed by atoms with Crippen molar-refractivity contribution in [3.63, 3.8) is 0 Å². The summed E-state index contributed by atoms with van der Waals surface area (Å²) in [6.07, 6.45) is 6.62. The van der Waals surface area contributed by atoms with E-state index in [-0.39, 0.29) is 0 Å². The standard InChI is InChI=1S/C18H22N2/c1-14(13-15-7-3-2-4-8-15)20-17-11-5-9-16-10-6-12-19-18(16)17/h2-4,6-8,10,12,14,17,20H,5,9,11,13H2,1H3. The van der Waals surface area contributed by atoms with Crippen molar-refractivity contribution in [3.05, 3.63) is 65.5 Å². The summed E-state index contributed by atoms with van der Waals surface area (Å²) < 4.78 is 0. The van der Waals surface area contributed by atoms with Gasteiger partial charge in [-0.3, -0.25) is 4.98 Å². The fraction of sp³-hybridized carbons (Fsp3) is 0.389. The summed E-state index contributed by atoms with van der Waals surface area (Å²) in [5, 5.41) is 3.76. The molecule has 3 rings (SSSR count). The van der Waals surface area contributed by atoms with E-state index in [2.05, 4.69) is 59.7 Å². The third kappa shape index (κ3) is 3.07. The van der Waals surface area contributed by atoms with Gasteiger partial charge in [0.25, 0.3) is 0 Å². The molecule has 2 unspecified atom stereocenters. The van der Waals surface area contributed by atoms with Crippen LogP contribution in [0.25, 0.3) is 0 Å². The Morgan fingerprint density at radius 1 is 1.20 bits per heavy atom. The second-order valence-electron chi connectivity index (χ2n) is 5.75.